The van der Waals surface area contributed by atoms with E-state index in [9.17, 15) is 0 Å². The number of nitrogens with zero attached hydrogens (tertiary/aromatic N) is 5. The second kappa shape index (κ2) is 7.29. The third kappa shape index (κ3) is 3.93. The molecular formula is C18H20N6O. The van der Waals surface area contributed by atoms with Crippen molar-refractivity contribution in [3.63, 3.8) is 0 Å². The lowest BCUT2D eigenvalue weighted by atomic mass is 10.2. The van der Waals surface area contributed by atoms with Crippen molar-refractivity contribution in [2.45, 2.75) is 38.3 Å². The summed E-state index contributed by atoms with van der Waals surface area (Å²) in [6.07, 6.45) is 13.7. The minimum absolute atomic E-state index is 0.315. The number of aromatic nitrogens is 5. The molecule has 0 saturated heterocycles. The molecule has 4 rings (SSSR count). The largest absolute Gasteiger partial charge is 0.474 e. The van der Waals surface area contributed by atoms with Crippen LogP contribution in [0.3, 0.4) is 0 Å². The Labute approximate surface area is 146 Å². The maximum Gasteiger partial charge on any atom is 0.213 e. The van der Waals surface area contributed by atoms with E-state index in [0.29, 0.717) is 18.5 Å². The molecule has 0 aromatic carbocycles. The predicted molar refractivity (Wildman–Crippen MR) is 93.6 cm³/mol. The molecule has 128 valence electrons. The van der Waals surface area contributed by atoms with Gasteiger partial charge in [0.1, 0.15) is 30.4 Å². The lowest BCUT2D eigenvalue weighted by Gasteiger charge is -2.13. The van der Waals surface area contributed by atoms with Crippen LogP contribution in [0.25, 0.3) is 5.82 Å². The van der Waals surface area contributed by atoms with Crippen LogP contribution in [-0.4, -0.2) is 30.6 Å². The van der Waals surface area contributed by atoms with Gasteiger partial charge in [-0.05, 0) is 37.3 Å². The van der Waals surface area contributed by atoms with Crippen LogP contribution in [0.4, 0.5) is 5.82 Å². The van der Waals surface area contributed by atoms with E-state index in [0.717, 1.165) is 30.0 Å². The second-order valence-corrected chi connectivity index (χ2v) is 6.11. The van der Waals surface area contributed by atoms with E-state index in [1.54, 1.807) is 25.0 Å². The fraction of sp³-hybridized carbons (Fsp3) is 0.333. The number of pyridine rings is 1. The molecule has 0 atom stereocenters. The Bertz CT molecular complexity index is 814. The van der Waals surface area contributed by atoms with Crippen LogP contribution in [0.1, 0.15) is 31.2 Å². The van der Waals surface area contributed by atoms with Crippen LogP contribution in [-0.2, 0) is 6.54 Å². The number of hydrogen-bond donors (Lipinski definition) is 1. The molecule has 3 aromatic rings. The van der Waals surface area contributed by atoms with Crippen LogP contribution in [0, 0.1) is 0 Å². The molecule has 1 saturated carbocycles. The summed E-state index contributed by atoms with van der Waals surface area (Å²) in [6.45, 7) is 0.643. The van der Waals surface area contributed by atoms with E-state index in [4.69, 9.17) is 4.74 Å². The maximum absolute atomic E-state index is 5.96. The fourth-order valence-electron chi connectivity index (χ4n) is 2.97. The van der Waals surface area contributed by atoms with E-state index in [1.807, 2.05) is 29.0 Å². The third-order valence-corrected chi connectivity index (χ3v) is 4.28. The standard InChI is InChI=1S/C18H20N6O/c1-2-4-15(3-1)25-18-9-14(5-6-20-18)11-21-16-10-17(23-12-22-16)24-8-7-19-13-24/h5-10,12-13,15H,1-4,11H2,(H,21,22,23). The Hall–Kier alpha value is -2.96. The first-order valence-electron chi connectivity index (χ1n) is 8.53. The molecule has 1 fully saturated rings. The summed E-state index contributed by atoms with van der Waals surface area (Å²) in [6, 6.07) is 5.86. The fourth-order valence-corrected chi connectivity index (χ4v) is 2.97. The highest BCUT2D eigenvalue weighted by Gasteiger charge is 2.17. The first kappa shape index (κ1) is 15.6. The van der Waals surface area contributed by atoms with Gasteiger partial charge in [0.05, 0.1) is 0 Å². The van der Waals surface area contributed by atoms with Gasteiger partial charge in [0.25, 0.3) is 0 Å². The number of ether oxygens (including phenoxy) is 1. The highest BCUT2D eigenvalue weighted by atomic mass is 16.5. The van der Waals surface area contributed by atoms with E-state index in [2.05, 4.69) is 25.3 Å². The molecule has 7 heteroatoms. The van der Waals surface area contributed by atoms with E-state index >= 15 is 0 Å². The Morgan fingerprint density at radius 3 is 2.88 bits per heavy atom. The molecule has 0 radical (unpaired) electrons. The summed E-state index contributed by atoms with van der Waals surface area (Å²) < 4.78 is 7.80. The molecule has 7 nitrogen and oxygen atoms in total. The second-order valence-electron chi connectivity index (χ2n) is 6.11. The molecule has 3 aromatic heterocycles. The number of anilines is 1. The summed E-state index contributed by atoms with van der Waals surface area (Å²) >= 11 is 0. The zero-order valence-electron chi connectivity index (χ0n) is 13.9. The molecule has 1 aliphatic rings. The minimum atomic E-state index is 0.315. The molecule has 0 amide bonds. The number of imidazole rings is 1. The summed E-state index contributed by atoms with van der Waals surface area (Å²) in [5, 5.41) is 3.32. The first-order valence-corrected chi connectivity index (χ1v) is 8.53. The minimum Gasteiger partial charge on any atom is -0.474 e. The van der Waals surface area contributed by atoms with Gasteiger partial charge in [-0.1, -0.05) is 0 Å². The van der Waals surface area contributed by atoms with Crippen molar-refractivity contribution in [2.24, 2.45) is 0 Å². The van der Waals surface area contributed by atoms with Crippen molar-refractivity contribution >= 4 is 5.82 Å². The normalized spacial score (nSPS) is 14.6. The Kier molecular flexibility index (Phi) is 4.54. The zero-order valence-corrected chi connectivity index (χ0v) is 13.9. The Morgan fingerprint density at radius 1 is 1.12 bits per heavy atom. The third-order valence-electron chi connectivity index (χ3n) is 4.28. The maximum atomic E-state index is 5.96. The van der Waals surface area contributed by atoms with Gasteiger partial charge < -0.3 is 10.1 Å². The van der Waals surface area contributed by atoms with Gasteiger partial charge in [-0.15, -0.1) is 0 Å². The Morgan fingerprint density at radius 2 is 2.04 bits per heavy atom. The molecule has 0 bridgehead atoms. The molecule has 1 aliphatic carbocycles. The summed E-state index contributed by atoms with van der Waals surface area (Å²) in [4.78, 5) is 16.9. The molecular weight excluding hydrogens is 316 g/mol. The molecule has 1 N–H and O–H groups in total. The molecule has 0 aliphatic heterocycles. The van der Waals surface area contributed by atoms with Crippen molar-refractivity contribution in [3.8, 4) is 11.7 Å². The van der Waals surface area contributed by atoms with Crippen molar-refractivity contribution in [1.82, 2.24) is 24.5 Å². The summed E-state index contributed by atoms with van der Waals surface area (Å²) in [7, 11) is 0. The van der Waals surface area contributed by atoms with Gasteiger partial charge >= 0.3 is 0 Å². The van der Waals surface area contributed by atoms with Gasteiger partial charge in [-0.2, -0.15) is 0 Å². The van der Waals surface area contributed by atoms with E-state index < -0.39 is 0 Å². The van der Waals surface area contributed by atoms with Crippen LogP contribution < -0.4 is 10.1 Å². The molecule has 0 spiro atoms. The van der Waals surface area contributed by atoms with E-state index in [-0.39, 0.29) is 0 Å². The van der Waals surface area contributed by atoms with Gasteiger partial charge in [-0.25, -0.2) is 19.9 Å². The van der Waals surface area contributed by atoms with E-state index in [1.165, 1.54) is 12.8 Å². The average Bonchev–Trinajstić information content (AvgIpc) is 3.35. The zero-order chi connectivity index (χ0) is 16.9. The number of hydrogen-bond acceptors (Lipinski definition) is 6. The summed E-state index contributed by atoms with van der Waals surface area (Å²) in [5.74, 6) is 2.23. The van der Waals surface area contributed by atoms with Crippen molar-refractivity contribution in [3.05, 3.63) is 55.0 Å². The number of nitrogens with one attached hydrogen (secondary N) is 1. The highest BCUT2D eigenvalue weighted by Crippen LogP contribution is 2.23. The smallest absolute Gasteiger partial charge is 0.213 e. The van der Waals surface area contributed by atoms with Crippen LogP contribution in [0.2, 0.25) is 0 Å². The van der Waals surface area contributed by atoms with Crippen LogP contribution in [0.5, 0.6) is 5.88 Å². The van der Waals surface area contributed by atoms with Gasteiger partial charge in [0.2, 0.25) is 5.88 Å². The lowest BCUT2D eigenvalue weighted by Crippen LogP contribution is -2.12. The van der Waals surface area contributed by atoms with Crippen molar-refractivity contribution < 1.29 is 4.74 Å². The molecule has 0 unspecified atom stereocenters. The van der Waals surface area contributed by atoms with Crippen molar-refractivity contribution in [2.75, 3.05) is 5.32 Å². The number of rotatable bonds is 6. The molecule has 3 heterocycles. The van der Waals surface area contributed by atoms with Crippen LogP contribution >= 0.6 is 0 Å². The predicted octanol–water partition coefficient (Wildman–Crippen LogP) is 2.99. The summed E-state index contributed by atoms with van der Waals surface area (Å²) in [5.41, 5.74) is 1.10. The Balaban J connectivity index is 1.40. The lowest BCUT2D eigenvalue weighted by molar-refractivity contribution is 0.201. The van der Waals surface area contributed by atoms with Gasteiger partial charge in [-0.3, -0.25) is 4.57 Å². The first-order chi connectivity index (χ1) is 12.4. The average molecular weight is 336 g/mol. The van der Waals surface area contributed by atoms with Crippen LogP contribution in [0.15, 0.2) is 49.4 Å². The molecule has 25 heavy (non-hydrogen) atoms. The monoisotopic (exact) mass is 336 g/mol. The SMILES string of the molecule is c1cn(-c2cc(NCc3ccnc(OC4CCCC4)c3)ncn2)cn1. The topological polar surface area (TPSA) is 77.8 Å². The quantitative estimate of drug-likeness (QED) is 0.745. The van der Waals surface area contributed by atoms with Gasteiger partial charge in [0.15, 0.2) is 0 Å². The van der Waals surface area contributed by atoms with Gasteiger partial charge in [0, 0.05) is 37.3 Å². The van der Waals surface area contributed by atoms with Crippen molar-refractivity contribution in [1.29, 1.82) is 0 Å². The highest BCUT2D eigenvalue weighted by molar-refractivity contribution is 5.41.